The Hall–Kier alpha value is -2.78. The van der Waals surface area contributed by atoms with Gasteiger partial charge in [-0.15, -0.1) is 5.10 Å². The highest BCUT2D eigenvalue weighted by molar-refractivity contribution is 7.89. The number of carbonyl (C=O) groups is 1. The van der Waals surface area contributed by atoms with Crippen LogP contribution in [0.3, 0.4) is 0 Å². The second-order valence-corrected chi connectivity index (χ2v) is 23.4. The minimum absolute atomic E-state index is 0.0829. The van der Waals surface area contributed by atoms with Gasteiger partial charge in [0.15, 0.2) is 12.6 Å². The van der Waals surface area contributed by atoms with Crippen LogP contribution in [0.25, 0.3) is 0 Å². The van der Waals surface area contributed by atoms with Crippen LogP contribution >= 0.6 is 0 Å². The van der Waals surface area contributed by atoms with Gasteiger partial charge in [0.1, 0.15) is 30.0 Å². The van der Waals surface area contributed by atoms with Crippen molar-refractivity contribution < 1.29 is 72.3 Å². The minimum Gasteiger partial charge on any atom is -0.459 e. The smallest absolute Gasteiger partial charge is 0.311 e. The maximum absolute atomic E-state index is 14.5. The van der Waals surface area contributed by atoms with E-state index in [1.807, 2.05) is 43.9 Å². The zero-order chi connectivity index (χ0) is 53.7. The number of esters is 1. The van der Waals surface area contributed by atoms with E-state index in [-0.39, 0.29) is 43.2 Å². The van der Waals surface area contributed by atoms with Crippen molar-refractivity contribution in [3.05, 3.63) is 41.7 Å². The van der Waals surface area contributed by atoms with Crippen molar-refractivity contribution in [2.75, 3.05) is 47.4 Å². The highest BCUT2D eigenvalue weighted by atomic mass is 32.2. The summed E-state index contributed by atoms with van der Waals surface area (Å²) in [6.45, 7) is 18.2. The van der Waals surface area contributed by atoms with E-state index in [0.29, 0.717) is 38.2 Å². The predicted octanol–water partition coefficient (Wildman–Crippen LogP) is 1.42. The number of likely N-dealkylation sites (N-methyl/N-ethyl adjacent to an activating group) is 2. The van der Waals surface area contributed by atoms with Gasteiger partial charge < -0.3 is 68.9 Å². The third-order valence-electron chi connectivity index (χ3n) is 15.4. The Labute approximate surface area is 426 Å². The molecule has 22 heteroatoms. The van der Waals surface area contributed by atoms with E-state index in [9.17, 15) is 38.7 Å². The van der Waals surface area contributed by atoms with Crippen molar-refractivity contribution >= 4 is 16.0 Å². The third-order valence-corrected chi connectivity index (χ3v) is 16.9. The van der Waals surface area contributed by atoms with Crippen LogP contribution in [0.4, 0.5) is 0 Å². The summed E-state index contributed by atoms with van der Waals surface area (Å²) in [5.41, 5.74) is -3.08. The molecule has 0 radical (unpaired) electrons. The zero-order valence-electron chi connectivity index (χ0n) is 44.6. The maximum atomic E-state index is 14.5. The lowest BCUT2D eigenvalue weighted by Crippen LogP contribution is -2.61. The zero-order valence-corrected chi connectivity index (χ0v) is 45.4. The molecule has 0 amide bonds. The Balaban J connectivity index is 1.41. The van der Waals surface area contributed by atoms with Gasteiger partial charge in [0.2, 0.25) is 10.0 Å². The topological polar surface area (TPSA) is 277 Å². The molecule has 3 aliphatic rings. The second kappa shape index (κ2) is 24.9. The van der Waals surface area contributed by atoms with E-state index in [0.717, 1.165) is 5.56 Å². The van der Waals surface area contributed by atoms with Crippen molar-refractivity contribution in [1.82, 2.24) is 29.5 Å². The van der Waals surface area contributed by atoms with Crippen molar-refractivity contribution in [1.29, 1.82) is 0 Å². The molecule has 0 bridgehead atoms. The molecule has 0 spiro atoms. The number of cyclic esters (lactones) is 1. The quantitative estimate of drug-likeness (QED) is 0.117. The number of nitrogens with zero attached hydrogens (tertiary/aromatic N) is 5. The predicted molar refractivity (Wildman–Crippen MR) is 265 cm³/mol. The largest absolute Gasteiger partial charge is 0.459 e. The van der Waals surface area contributed by atoms with Gasteiger partial charge >= 0.3 is 5.97 Å². The molecule has 412 valence electrons. The van der Waals surface area contributed by atoms with Gasteiger partial charge in [-0.3, -0.25) is 4.79 Å². The molecule has 0 saturated carbocycles. The minimum atomic E-state index is -3.74. The second-order valence-electron chi connectivity index (χ2n) is 21.6. The normalized spacial score (nSPS) is 39.3. The number of ether oxygens (including phenoxy) is 6. The number of carbonyl (C=O) groups excluding carboxylic acids is 1. The van der Waals surface area contributed by atoms with Gasteiger partial charge in [-0.05, 0) is 105 Å². The highest BCUT2D eigenvalue weighted by Gasteiger charge is 2.53. The lowest BCUT2D eigenvalue weighted by molar-refractivity contribution is -0.318. The number of hydrogen-bond acceptors (Lipinski definition) is 19. The van der Waals surface area contributed by atoms with E-state index in [1.54, 1.807) is 65.3 Å². The summed E-state index contributed by atoms with van der Waals surface area (Å²) in [6.07, 6.45) is -7.08. The fourth-order valence-electron chi connectivity index (χ4n) is 10.9. The maximum Gasteiger partial charge on any atom is 0.311 e. The average Bonchev–Trinajstić information content (AvgIpc) is 3.78. The molecular weight excluding hydrogens is 957 g/mol. The van der Waals surface area contributed by atoms with Gasteiger partial charge in [-0.1, -0.05) is 38.1 Å². The molecule has 0 unspecified atom stereocenters. The molecule has 3 aliphatic heterocycles. The fraction of sp³-hybridized carbons (Fsp3) is 0.820. The molecule has 2 aromatic rings. The molecule has 7 N–H and O–H groups in total. The first-order valence-electron chi connectivity index (χ1n) is 25.4. The average molecular weight is 1040 g/mol. The molecule has 3 saturated heterocycles. The van der Waals surface area contributed by atoms with Crippen molar-refractivity contribution in [2.24, 2.45) is 17.8 Å². The number of methoxy groups -OCH3 is 1. The molecule has 18 atom stereocenters. The summed E-state index contributed by atoms with van der Waals surface area (Å²) in [5, 5.41) is 77.3. The van der Waals surface area contributed by atoms with E-state index in [2.05, 4.69) is 15.0 Å². The van der Waals surface area contributed by atoms with Gasteiger partial charge in [0.05, 0.1) is 65.3 Å². The number of benzene rings is 1. The summed E-state index contributed by atoms with van der Waals surface area (Å²) >= 11 is 0. The fourth-order valence-corrected chi connectivity index (χ4v) is 11.9. The molecule has 4 heterocycles. The standard InChI is InChI=1S/C50H86N6O15S/c1-14-39-50(10,63)43(59)33(6)55(12)26-29(2)24-48(8,62)45(31(4)42(32(5)46(61)69-39)70-40-25-49(9,66-13)44(60)34(7)68-40)71-47-41(58)38(23-30(3)67-47)54(11)21-19-36-28-56(53-52-36)27-35-15-17-37(18-16-35)72(64,65)51-20-22-57/h15-18,28-34,38-45,47,51,57-60,62-63H,14,19-27H2,1-13H3/t29-,30-,31+,32-,33-,34+,38+,39-,40+,41-,42+,43-,44+,45-,47+,48-,49-,50-/m1/s1. The third kappa shape index (κ3) is 14.4. The van der Waals surface area contributed by atoms with Crippen molar-refractivity contribution in [3.8, 4) is 0 Å². The number of sulfonamides is 1. The number of aromatic nitrogens is 3. The molecule has 1 aromatic heterocycles. The SMILES string of the molecule is CC[C@H]1OC(=O)[C@H](C)[C@@H](O[C@H]2C[C@@](C)(OC)[C@@H](O)[C@H](C)O2)[C@H](C)[C@@H](O[C@@H]2O[C@H](C)C[C@H](N(C)CCc3cn(Cc4ccc(S(=O)(=O)NCCO)cc4)nn3)[C@H]2O)[C@](C)(O)C[C@@H](C)CN(C)[C@H](C)[C@@H](O)[C@]1(C)O. The van der Waals surface area contributed by atoms with Crippen LogP contribution in [0.5, 0.6) is 0 Å². The number of rotatable bonds is 16. The number of aliphatic hydroxyl groups excluding tert-OH is 4. The molecule has 0 aliphatic carbocycles. The summed E-state index contributed by atoms with van der Waals surface area (Å²) in [7, 11) is 1.47. The van der Waals surface area contributed by atoms with Crippen molar-refractivity contribution in [2.45, 2.75) is 203 Å². The first-order valence-corrected chi connectivity index (χ1v) is 26.9. The van der Waals surface area contributed by atoms with Gasteiger partial charge in [-0.25, -0.2) is 17.8 Å². The van der Waals surface area contributed by atoms with E-state index in [4.69, 9.17) is 33.5 Å². The van der Waals surface area contributed by atoms with Crippen LogP contribution in [0.2, 0.25) is 0 Å². The molecule has 21 nitrogen and oxygen atoms in total. The Bertz CT molecular complexity index is 2130. The van der Waals surface area contributed by atoms with Crippen LogP contribution in [-0.4, -0.2) is 208 Å². The lowest BCUT2D eigenvalue weighted by atomic mass is 9.77. The van der Waals surface area contributed by atoms with E-state index < -0.39 is 118 Å². The summed E-state index contributed by atoms with van der Waals surface area (Å²) in [4.78, 5) is 18.5. The van der Waals surface area contributed by atoms with Crippen molar-refractivity contribution in [3.63, 3.8) is 0 Å². The molecule has 5 rings (SSSR count). The highest BCUT2D eigenvalue weighted by Crippen LogP contribution is 2.40. The Morgan fingerprint density at radius 3 is 2.26 bits per heavy atom. The lowest BCUT2D eigenvalue weighted by Gasteiger charge is -2.49. The van der Waals surface area contributed by atoms with Gasteiger partial charge in [-0.2, -0.15) is 0 Å². The summed E-state index contributed by atoms with van der Waals surface area (Å²) < 4.78 is 67.1. The Morgan fingerprint density at radius 2 is 1.64 bits per heavy atom. The number of hydrogen-bond donors (Lipinski definition) is 7. The van der Waals surface area contributed by atoms with Gasteiger partial charge in [0, 0.05) is 63.8 Å². The molecule has 3 fully saturated rings. The van der Waals surface area contributed by atoms with E-state index in [1.165, 1.54) is 26.2 Å². The van der Waals surface area contributed by atoms with Crippen LogP contribution in [0, 0.1) is 17.8 Å². The van der Waals surface area contributed by atoms with Crippen LogP contribution < -0.4 is 4.72 Å². The Kier molecular flexibility index (Phi) is 20.8. The summed E-state index contributed by atoms with van der Waals surface area (Å²) in [6, 6.07) is 5.31. The number of aliphatic hydroxyl groups is 6. The van der Waals surface area contributed by atoms with Crippen LogP contribution in [-0.2, 0) is 56.2 Å². The van der Waals surface area contributed by atoms with Crippen LogP contribution in [0.15, 0.2) is 35.4 Å². The first kappa shape index (κ1) is 60.1. The molecular formula is C50H86N6O15S. The van der Waals surface area contributed by atoms with Crippen LogP contribution in [0.1, 0.15) is 106 Å². The molecule has 72 heavy (non-hydrogen) atoms. The Morgan fingerprint density at radius 1 is 0.972 bits per heavy atom. The van der Waals surface area contributed by atoms with Gasteiger partial charge in [0.25, 0.3) is 0 Å². The monoisotopic (exact) mass is 1040 g/mol. The summed E-state index contributed by atoms with van der Waals surface area (Å²) in [5.74, 6) is -2.86. The van der Waals surface area contributed by atoms with E-state index >= 15 is 0 Å². The number of nitrogens with one attached hydrogen (secondary N) is 1. The first-order chi connectivity index (χ1) is 33.6. The molecule has 1 aromatic carbocycles.